The fraction of sp³-hybridized carbons (Fsp3) is 0.556. The van der Waals surface area contributed by atoms with Crippen LogP contribution in [0.5, 0.6) is 0 Å². The number of nitrogens with one attached hydrogen (secondary N) is 2. The van der Waals surface area contributed by atoms with Gasteiger partial charge < -0.3 is 15.3 Å². The van der Waals surface area contributed by atoms with E-state index in [-0.39, 0.29) is 30.3 Å². The zero-order chi connectivity index (χ0) is 24.8. The molecule has 0 aromatic heterocycles. The molecule has 1 aromatic rings. The fourth-order valence-corrected chi connectivity index (χ4v) is 5.26. The molecule has 3 atom stereocenters. The zero-order valence-electron chi connectivity index (χ0n) is 16.7. The van der Waals surface area contributed by atoms with Crippen LogP contribution in [-0.2, 0) is 27.2 Å². The maximum Gasteiger partial charge on any atom is 0.416 e. The van der Waals surface area contributed by atoms with Crippen LogP contribution in [0, 0.1) is 0 Å². The summed E-state index contributed by atoms with van der Waals surface area (Å²) >= 11 is 0. The highest BCUT2D eigenvalue weighted by Crippen LogP contribution is 2.37. The largest absolute Gasteiger partial charge is 0.465 e. The second-order valence-corrected chi connectivity index (χ2v) is 9.64. The summed E-state index contributed by atoms with van der Waals surface area (Å²) in [6.45, 7) is -0.922. The van der Waals surface area contributed by atoms with Crippen molar-refractivity contribution in [3.63, 3.8) is 0 Å². The summed E-state index contributed by atoms with van der Waals surface area (Å²) < 4.78 is 104. The van der Waals surface area contributed by atoms with Crippen LogP contribution in [0.15, 0.2) is 23.1 Å². The van der Waals surface area contributed by atoms with E-state index in [9.17, 15) is 49.5 Å². The number of benzene rings is 1. The number of sulfonamides is 1. The third kappa shape index (κ3) is 5.69. The monoisotopic (exact) mass is 503 g/mol. The SMILES string of the molecule is O=C(CNS(=O)(=O)c1cc(C(F)(F)F)cc(C(F)(F)F)c1)N[C@H]1C[C@H]2CC[C@@H](C1)N2C(=O)O. The molecule has 2 aliphatic rings. The zero-order valence-corrected chi connectivity index (χ0v) is 17.5. The number of alkyl halides is 6. The Labute approximate surface area is 184 Å². The minimum absolute atomic E-state index is 0.0504. The molecular weight excluding hydrogens is 484 g/mol. The molecule has 1 aromatic carbocycles. The van der Waals surface area contributed by atoms with Gasteiger partial charge >= 0.3 is 18.4 Å². The quantitative estimate of drug-likeness (QED) is 0.535. The molecule has 33 heavy (non-hydrogen) atoms. The van der Waals surface area contributed by atoms with Crippen molar-refractivity contribution in [1.82, 2.24) is 14.9 Å². The molecule has 3 N–H and O–H groups in total. The molecule has 2 aliphatic heterocycles. The van der Waals surface area contributed by atoms with Gasteiger partial charge in [0.25, 0.3) is 0 Å². The molecule has 2 fully saturated rings. The Kier molecular flexibility index (Phi) is 6.59. The van der Waals surface area contributed by atoms with Gasteiger partial charge in [0, 0.05) is 18.1 Å². The molecule has 3 rings (SSSR count). The minimum atomic E-state index is -5.23. The topological polar surface area (TPSA) is 116 Å². The highest BCUT2D eigenvalue weighted by Gasteiger charge is 2.44. The lowest BCUT2D eigenvalue weighted by molar-refractivity contribution is -0.143. The van der Waals surface area contributed by atoms with E-state index >= 15 is 0 Å². The fourth-order valence-electron chi connectivity index (χ4n) is 4.21. The summed E-state index contributed by atoms with van der Waals surface area (Å²) in [5.74, 6) is -0.852. The first-order chi connectivity index (χ1) is 15.1. The lowest BCUT2D eigenvalue weighted by atomic mass is 9.98. The summed E-state index contributed by atoms with van der Waals surface area (Å²) in [4.78, 5) is 23.5. The molecule has 0 spiro atoms. The lowest BCUT2D eigenvalue weighted by Gasteiger charge is -2.37. The van der Waals surface area contributed by atoms with Crippen LogP contribution in [0.1, 0.15) is 36.8 Å². The van der Waals surface area contributed by atoms with Crippen LogP contribution in [0.4, 0.5) is 31.1 Å². The highest BCUT2D eigenvalue weighted by molar-refractivity contribution is 7.89. The van der Waals surface area contributed by atoms with Crippen molar-refractivity contribution in [3.05, 3.63) is 29.3 Å². The number of piperidine rings is 1. The Balaban J connectivity index is 1.68. The van der Waals surface area contributed by atoms with Crippen molar-refractivity contribution >= 4 is 22.0 Å². The van der Waals surface area contributed by atoms with Crippen molar-refractivity contribution in [3.8, 4) is 0 Å². The Morgan fingerprint density at radius 1 is 0.970 bits per heavy atom. The molecule has 15 heteroatoms. The molecule has 2 heterocycles. The molecule has 2 amide bonds. The Bertz CT molecular complexity index is 997. The average Bonchev–Trinajstić information content (AvgIpc) is 2.96. The van der Waals surface area contributed by atoms with Gasteiger partial charge in [-0.1, -0.05) is 0 Å². The van der Waals surface area contributed by atoms with E-state index in [1.807, 2.05) is 0 Å². The molecule has 0 unspecified atom stereocenters. The number of amides is 2. The molecule has 184 valence electrons. The summed E-state index contributed by atoms with van der Waals surface area (Å²) in [5, 5.41) is 11.8. The first kappa shape index (κ1) is 25.1. The van der Waals surface area contributed by atoms with Crippen molar-refractivity contribution in [2.45, 2.75) is 61.1 Å². The minimum Gasteiger partial charge on any atom is -0.465 e. The summed E-state index contributed by atoms with van der Waals surface area (Å²) in [6, 6.07) is -1.14. The third-order valence-corrected chi connectivity index (χ3v) is 6.99. The van der Waals surface area contributed by atoms with E-state index < -0.39 is 63.0 Å². The van der Waals surface area contributed by atoms with Gasteiger partial charge in [0.1, 0.15) is 0 Å². The van der Waals surface area contributed by atoms with Crippen LogP contribution in [0.2, 0.25) is 0 Å². The second kappa shape index (κ2) is 8.66. The van der Waals surface area contributed by atoms with Gasteiger partial charge in [-0.2, -0.15) is 26.3 Å². The van der Waals surface area contributed by atoms with E-state index in [1.165, 1.54) is 4.90 Å². The van der Waals surface area contributed by atoms with Crippen molar-refractivity contribution in [1.29, 1.82) is 0 Å². The molecular formula is C18H19F6N3O5S. The normalized spacial score (nSPS) is 23.5. The van der Waals surface area contributed by atoms with Crippen LogP contribution < -0.4 is 10.0 Å². The highest BCUT2D eigenvalue weighted by atomic mass is 32.2. The number of fused-ring (bicyclic) bond motifs is 2. The van der Waals surface area contributed by atoms with Gasteiger partial charge in [0.15, 0.2) is 0 Å². The Hall–Kier alpha value is -2.55. The second-order valence-electron chi connectivity index (χ2n) is 7.88. The third-order valence-electron chi connectivity index (χ3n) is 5.61. The van der Waals surface area contributed by atoms with E-state index in [1.54, 1.807) is 4.72 Å². The van der Waals surface area contributed by atoms with Gasteiger partial charge in [0.2, 0.25) is 15.9 Å². The van der Waals surface area contributed by atoms with Gasteiger partial charge in [-0.15, -0.1) is 0 Å². The summed E-state index contributed by atoms with van der Waals surface area (Å²) in [5.41, 5.74) is -3.61. The smallest absolute Gasteiger partial charge is 0.416 e. The number of carbonyl (C=O) groups is 2. The Morgan fingerprint density at radius 3 is 1.88 bits per heavy atom. The first-order valence-electron chi connectivity index (χ1n) is 9.67. The average molecular weight is 503 g/mol. The van der Waals surface area contributed by atoms with E-state index in [2.05, 4.69) is 5.32 Å². The maximum absolute atomic E-state index is 13.0. The van der Waals surface area contributed by atoms with Gasteiger partial charge in [-0.3, -0.25) is 4.79 Å². The predicted octanol–water partition coefficient (Wildman–Crippen LogP) is 2.79. The van der Waals surface area contributed by atoms with Gasteiger partial charge in [-0.05, 0) is 43.9 Å². The van der Waals surface area contributed by atoms with Crippen LogP contribution in [0.3, 0.4) is 0 Å². The molecule has 2 saturated heterocycles. The molecule has 2 bridgehead atoms. The van der Waals surface area contributed by atoms with Crippen molar-refractivity contribution < 1.29 is 49.5 Å². The summed E-state index contributed by atoms with van der Waals surface area (Å²) in [6.07, 6.45) is -9.67. The van der Waals surface area contributed by atoms with E-state index in [0.717, 1.165) is 0 Å². The number of carboxylic acid groups (broad SMARTS) is 1. The number of rotatable bonds is 5. The number of carbonyl (C=O) groups excluding carboxylic acids is 1. The van der Waals surface area contributed by atoms with Crippen LogP contribution >= 0.6 is 0 Å². The standard InChI is InChI=1S/C18H19F6N3O5S/c19-17(20,21)9-3-10(18(22,23)24)5-14(4-9)33(31,32)25-8-15(28)26-11-6-12-1-2-13(7-11)27(12)16(29)30/h3-5,11-13,25H,1-2,6-8H2,(H,26,28)(H,29,30)/t11-,12+,13-. The lowest BCUT2D eigenvalue weighted by Crippen LogP contribution is -2.53. The van der Waals surface area contributed by atoms with Gasteiger partial charge in [0.05, 0.1) is 22.6 Å². The summed E-state index contributed by atoms with van der Waals surface area (Å²) in [7, 11) is -4.89. The van der Waals surface area contributed by atoms with Gasteiger partial charge in [-0.25, -0.2) is 17.9 Å². The van der Waals surface area contributed by atoms with Crippen molar-refractivity contribution in [2.75, 3.05) is 6.54 Å². The van der Waals surface area contributed by atoms with E-state index in [4.69, 9.17) is 0 Å². The first-order valence-corrected chi connectivity index (χ1v) is 11.2. The van der Waals surface area contributed by atoms with E-state index in [0.29, 0.717) is 25.7 Å². The number of hydrogen-bond donors (Lipinski definition) is 3. The van der Waals surface area contributed by atoms with Crippen LogP contribution in [-0.4, -0.2) is 55.1 Å². The number of nitrogens with zero attached hydrogens (tertiary/aromatic N) is 1. The molecule has 8 nitrogen and oxygen atoms in total. The maximum atomic E-state index is 13.0. The number of halogens is 6. The molecule has 0 radical (unpaired) electrons. The number of hydrogen-bond acceptors (Lipinski definition) is 4. The van der Waals surface area contributed by atoms with Crippen molar-refractivity contribution in [2.24, 2.45) is 0 Å². The Morgan fingerprint density at radius 2 is 1.45 bits per heavy atom. The predicted molar refractivity (Wildman–Crippen MR) is 99.5 cm³/mol. The molecule has 0 aliphatic carbocycles. The van der Waals surface area contributed by atoms with Crippen LogP contribution in [0.25, 0.3) is 0 Å². The molecule has 0 saturated carbocycles.